The molecule has 0 N–H and O–H groups in total. The van der Waals surface area contributed by atoms with Crippen LogP contribution < -0.4 is 4.74 Å². The first-order chi connectivity index (χ1) is 10.5. The number of ether oxygens (including phenoxy) is 1. The van der Waals surface area contributed by atoms with Crippen LogP contribution in [0.4, 0.5) is 5.69 Å². The maximum absolute atomic E-state index is 10.8. The number of oxazole rings is 1. The first-order valence-corrected chi connectivity index (χ1v) is 6.83. The maximum atomic E-state index is 10.8. The van der Waals surface area contributed by atoms with Gasteiger partial charge in [-0.15, -0.1) is 0 Å². The van der Waals surface area contributed by atoms with E-state index in [-0.39, 0.29) is 11.6 Å². The van der Waals surface area contributed by atoms with Crippen molar-refractivity contribution in [1.82, 2.24) is 4.98 Å². The first-order valence-electron chi connectivity index (χ1n) is 6.08. The molecule has 1 heterocycles. The van der Waals surface area contributed by atoms with Gasteiger partial charge in [-0.2, -0.15) is 0 Å². The molecule has 3 rings (SSSR count). The Morgan fingerprint density at radius 3 is 2.50 bits per heavy atom. The number of hydrogen-bond acceptors (Lipinski definition) is 5. The Morgan fingerprint density at radius 1 is 1.23 bits per heavy atom. The lowest BCUT2D eigenvalue weighted by molar-refractivity contribution is -0.384. The van der Waals surface area contributed by atoms with Crippen LogP contribution in [-0.2, 0) is 0 Å². The molecule has 2 aromatic carbocycles. The molecule has 0 radical (unpaired) electrons. The van der Waals surface area contributed by atoms with Crippen molar-refractivity contribution in [1.29, 1.82) is 0 Å². The van der Waals surface area contributed by atoms with E-state index in [9.17, 15) is 10.1 Å². The zero-order chi connectivity index (χ0) is 15.9. The number of nitrogens with zero attached hydrogens (tertiary/aromatic N) is 2. The SMILES string of the molecule is COc1c(Cl)cc(-c2nc3ccc([N+](=O)[O-])cc3o2)cc1Cl. The number of methoxy groups -OCH3 is 1. The molecule has 22 heavy (non-hydrogen) atoms. The van der Waals surface area contributed by atoms with E-state index in [1.54, 1.807) is 12.1 Å². The highest BCUT2D eigenvalue weighted by Crippen LogP contribution is 2.37. The van der Waals surface area contributed by atoms with E-state index < -0.39 is 4.92 Å². The van der Waals surface area contributed by atoms with Crippen molar-refractivity contribution in [3.05, 3.63) is 50.5 Å². The molecule has 3 aromatic rings. The largest absolute Gasteiger partial charge is 0.494 e. The number of halogens is 2. The molecule has 0 amide bonds. The quantitative estimate of drug-likeness (QED) is 0.510. The smallest absolute Gasteiger partial charge is 0.273 e. The number of nitro benzene ring substituents is 1. The molecule has 0 unspecified atom stereocenters. The molecule has 0 aliphatic heterocycles. The number of aromatic nitrogens is 1. The van der Waals surface area contributed by atoms with Gasteiger partial charge in [0, 0.05) is 11.6 Å². The van der Waals surface area contributed by atoms with E-state index >= 15 is 0 Å². The summed E-state index contributed by atoms with van der Waals surface area (Å²) in [6.45, 7) is 0. The van der Waals surface area contributed by atoms with E-state index in [2.05, 4.69) is 4.98 Å². The van der Waals surface area contributed by atoms with Gasteiger partial charge in [0.1, 0.15) is 5.52 Å². The van der Waals surface area contributed by atoms with Crippen molar-refractivity contribution in [2.45, 2.75) is 0 Å². The van der Waals surface area contributed by atoms with E-state index in [0.717, 1.165) is 0 Å². The van der Waals surface area contributed by atoms with Crippen LogP contribution in [0.3, 0.4) is 0 Å². The lowest BCUT2D eigenvalue weighted by Gasteiger charge is -2.06. The first kappa shape index (κ1) is 14.6. The van der Waals surface area contributed by atoms with Gasteiger partial charge in [-0.1, -0.05) is 23.2 Å². The second-order valence-electron chi connectivity index (χ2n) is 4.40. The molecule has 0 aliphatic carbocycles. The summed E-state index contributed by atoms with van der Waals surface area (Å²) < 4.78 is 10.6. The van der Waals surface area contributed by atoms with E-state index in [1.807, 2.05) is 0 Å². The summed E-state index contributed by atoms with van der Waals surface area (Å²) in [5.74, 6) is 0.626. The van der Waals surface area contributed by atoms with Crippen molar-refractivity contribution in [2.24, 2.45) is 0 Å². The van der Waals surface area contributed by atoms with Gasteiger partial charge in [-0.05, 0) is 18.2 Å². The molecular weight excluding hydrogens is 331 g/mol. The molecule has 6 nitrogen and oxygen atoms in total. The van der Waals surface area contributed by atoms with Crippen LogP contribution >= 0.6 is 23.2 Å². The Morgan fingerprint density at radius 2 is 1.91 bits per heavy atom. The van der Waals surface area contributed by atoms with Gasteiger partial charge in [0.25, 0.3) is 5.69 Å². The summed E-state index contributed by atoms with van der Waals surface area (Å²) in [4.78, 5) is 14.6. The summed E-state index contributed by atoms with van der Waals surface area (Å²) in [6, 6.07) is 7.41. The minimum atomic E-state index is -0.497. The predicted octanol–water partition coefficient (Wildman–Crippen LogP) is 4.72. The van der Waals surface area contributed by atoms with Crippen molar-refractivity contribution in [3.8, 4) is 17.2 Å². The van der Waals surface area contributed by atoms with Gasteiger partial charge in [0.15, 0.2) is 11.3 Å². The maximum Gasteiger partial charge on any atom is 0.273 e. The molecule has 112 valence electrons. The standard InChI is InChI=1S/C14H8Cl2N2O4/c1-21-13-9(15)4-7(5-10(13)16)14-17-11-3-2-8(18(19)20)6-12(11)22-14/h2-6H,1H3. The Balaban J connectivity index is 2.12. The molecule has 0 spiro atoms. The number of benzene rings is 2. The molecule has 0 saturated heterocycles. The zero-order valence-electron chi connectivity index (χ0n) is 11.2. The molecule has 8 heteroatoms. The number of fused-ring (bicyclic) bond motifs is 1. The van der Waals surface area contributed by atoms with Crippen LogP contribution in [0.1, 0.15) is 0 Å². The lowest BCUT2D eigenvalue weighted by Crippen LogP contribution is -1.87. The fourth-order valence-electron chi connectivity index (χ4n) is 2.03. The summed E-state index contributed by atoms with van der Waals surface area (Å²) in [7, 11) is 1.46. The van der Waals surface area contributed by atoms with Crippen LogP contribution in [-0.4, -0.2) is 17.0 Å². The Kier molecular flexibility index (Phi) is 3.64. The molecular formula is C14H8Cl2N2O4. The number of rotatable bonds is 3. The van der Waals surface area contributed by atoms with Gasteiger partial charge < -0.3 is 9.15 Å². The van der Waals surface area contributed by atoms with E-state index in [4.69, 9.17) is 32.4 Å². The monoisotopic (exact) mass is 338 g/mol. The summed E-state index contributed by atoms with van der Waals surface area (Å²) in [6.07, 6.45) is 0. The number of hydrogen-bond donors (Lipinski definition) is 0. The fourth-order valence-corrected chi connectivity index (χ4v) is 2.67. The van der Waals surface area contributed by atoms with E-state index in [1.165, 1.54) is 25.3 Å². The Labute approximate surface area is 134 Å². The Hall–Kier alpha value is -2.31. The topological polar surface area (TPSA) is 78.4 Å². The van der Waals surface area contributed by atoms with Gasteiger partial charge in [-0.25, -0.2) is 4.98 Å². The van der Waals surface area contributed by atoms with Crippen molar-refractivity contribution < 1.29 is 14.1 Å². The Bertz CT molecular complexity index is 869. The zero-order valence-corrected chi connectivity index (χ0v) is 12.7. The second-order valence-corrected chi connectivity index (χ2v) is 5.22. The fraction of sp³-hybridized carbons (Fsp3) is 0.0714. The third-order valence-electron chi connectivity index (χ3n) is 3.03. The van der Waals surface area contributed by atoms with Crippen LogP contribution in [0.15, 0.2) is 34.7 Å². The van der Waals surface area contributed by atoms with Crippen LogP contribution in [0.5, 0.6) is 5.75 Å². The molecule has 1 aromatic heterocycles. The van der Waals surface area contributed by atoms with Gasteiger partial charge in [-0.3, -0.25) is 10.1 Å². The third-order valence-corrected chi connectivity index (χ3v) is 3.59. The predicted molar refractivity (Wildman–Crippen MR) is 82.7 cm³/mol. The van der Waals surface area contributed by atoms with Gasteiger partial charge in [0.2, 0.25) is 5.89 Å². The highest BCUT2D eigenvalue weighted by atomic mass is 35.5. The summed E-state index contributed by atoms with van der Waals surface area (Å²) in [5.41, 5.74) is 1.30. The van der Waals surface area contributed by atoms with Crippen molar-refractivity contribution in [2.75, 3.05) is 7.11 Å². The average Bonchev–Trinajstić information content (AvgIpc) is 2.89. The molecule has 0 saturated carbocycles. The number of non-ortho nitro benzene ring substituents is 1. The van der Waals surface area contributed by atoms with Crippen molar-refractivity contribution >= 4 is 40.0 Å². The van der Waals surface area contributed by atoms with Crippen LogP contribution in [0.2, 0.25) is 10.0 Å². The molecule has 0 aliphatic rings. The summed E-state index contributed by atoms with van der Waals surface area (Å²) >= 11 is 12.2. The minimum Gasteiger partial charge on any atom is -0.494 e. The number of nitro groups is 1. The normalized spacial score (nSPS) is 10.9. The van der Waals surface area contributed by atoms with Gasteiger partial charge >= 0.3 is 0 Å². The molecule has 0 bridgehead atoms. The van der Waals surface area contributed by atoms with Gasteiger partial charge in [0.05, 0.1) is 28.1 Å². The van der Waals surface area contributed by atoms with E-state index in [0.29, 0.717) is 32.5 Å². The lowest BCUT2D eigenvalue weighted by atomic mass is 10.2. The minimum absolute atomic E-state index is 0.0685. The highest BCUT2D eigenvalue weighted by Gasteiger charge is 2.16. The average molecular weight is 339 g/mol. The van der Waals surface area contributed by atoms with Crippen molar-refractivity contribution in [3.63, 3.8) is 0 Å². The third kappa shape index (κ3) is 2.47. The van der Waals surface area contributed by atoms with Crippen LogP contribution in [0, 0.1) is 10.1 Å². The highest BCUT2D eigenvalue weighted by molar-refractivity contribution is 6.37. The summed E-state index contributed by atoms with van der Waals surface area (Å²) in [5, 5.41) is 11.4. The molecule has 0 fully saturated rings. The molecule has 0 atom stereocenters. The van der Waals surface area contributed by atoms with Crippen LogP contribution in [0.25, 0.3) is 22.6 Å². The second kappa shape index (κ2) is 5.47.